The number of hydrogen-bond donors (Lipinski definition) is 0. The van der Waals surface area contributed by atoms with Gasteiger partial charge >= 0.3 is 12.3 Å². The van der Waals surface area contributed by atoms with E-state index in [1.807, 2.05) is 0 Å². The van der Waals surface area contributed by atoms with Gasteiger partial charge in [0.25, 0.3) is 10.0 Å². The minimum Gasteiger partial charge on any atom is -0.440 e. The first-order valence-electron chi connectivity index (χ1n) is 8.65. The molecule has 29 heavy (non-hydrogen) atoms. The molecule has 1 saturated heterocycles. The molecule has 0 N–H and O–H groups in total. The number of halogens is 3. The van der Waals surface area contributed by atoms with Gasteiger partial charge in [-0.05, 0) is 36.8 Å². The Bertz CT molecular complexity index is 1020. The van der Waals surface area contributed by atoms with Gasteiger partial charge in [0.2, 0.25) is 0 Å². The average molecular weight is 425 g/mol. The standard InChI is InChI=1S/C20H18F3NO4S/c1-3-16-12-18(14-6-8-15(9-7-14)20(21,22)23)28-19(25)24(16)29(26,27)17-10-4-13(2)5-11-17/h3-11,16,18H,1,12H2,2H3/t16-,18-/m0/s1. The molecule has 9 heteroatoms. The molecule has 1 heterocycles. The number of nitrogens with zero attached hydrogens (tertiary/aromatic N) is 1. The molecule has 1 aliphatic heterocycles. The van der Waals surface area contributed by atoms with Crippen molar-refractivity contribution in [3.8, 4) is 0 Å². The SMILES string of the molecule is C=C[C@H]1C[C@@H](c2ccc(C(F)(F)F)cc2)OC(=O)N1S(=O)(=O)c1ccc(C)cc1. The zero-order valence-corrected chi connectivity index (χ0v) is 16.2. The van der Waals surface area contributed by atoms with E-state index in [0.29, 0.717) is 9.87 Å². The smallest absolute Gasteiger partial charge is 0.425 e. The summed E-state index contributed by atoms with van der Waals surface area (Å²) in [6.45, 7) is 5.40. The third kappa shape index (κ3) is 4.14. The molecule has 3 rings (SSSR count). The predicted molar refractivity (Wildman–Crippen MR) is 99.5 cm³/mol. The summed E-state index contributed by atoms with van der Waals surface area (Å²) in [6, 6.07) is 9.29. The van der Waals surface area contributed by atoms with Crippen molar-refractivity contribution in [1.82, 2.24) is 4.31 Å². The van der Waals surface area contributed by atoms with Gasteiger partial charge in [-0.15, -0.1) is 6.58 Å². The maximum atomic E-state index is 12.9. The molecule has 0 aromatic heterocycles. The Labute approximate surface area is 166 Å². The molecule has 2 aromatic rings. The van der Waals surface area contributed by atoms with Crippen molar-refractivity contribution in [1.29, 1.82) is 0 Å². The van der Waals surface area contributed by atoms with E-state index in [1.165, 1.54) is 30.3 Å². The zero-order valence-electron chi connectivity index (χ0n) is 15.4. The Morgan fingerprint density at radius 1 is 1.10 bits per heavy atom. The van der Waals surface area contributed by atoms with Crippen LogP contribution in [0.5, 0.6) is 0 Å². The number of carbonyl (C=O) groups is 1. The van der Waals surface area contributed by atoms with Crippen LogP contribution in [0.4, 0.5) is 18.0 Å². The number of alkyl halides is 3. The number of rotatable bonds is 4. The normalized spacial score (nSPS) is 20.3. The van der Waals surface area contributed by atoms with Crippen LogP contribution in [0.3, 0.4) is 0 Å². The van der Waals surface area contributed by atoms with E-state index in [0.717, 1.165) is 17.7 Å². The Morgan fingerprint density at radius 2 is 1.69 bits per heavy atom. The first kappa shape index (κ1) is 20.9. The van der Waals surface area contributed by atoms with Gasteiger partial charge in [-0.25, -0.2) is 13.2 Å². The van der Waals surface area contributed by atoms with E-state index >= 15 is 0 Å². The number of amides is 1. The number of aryl methyl sites for hydroxylation is 1. The Kier molecular flexibility index (Phi) is 5.44. The molecular weight excluding hydrogens is 407 g/mol. The number of benzene rings is 2. The molecule has 2 atom stereocenters. The fourth-order valence-corrected chi connectivity index (χ4v) is 4.53. The largest absolute Gasteiger partial charge is 0.440 e. The number of sulfonamides is 1. The van der Waals surface area contributed by atoms with E-state index < -0.39 is 40.0 Å². The lowest BCUT2D eigenvalue weighted by atomic mass is 9.99. The first-order chi connectivity index (χ1) is 13.5. The van der Waals surface area contributed by atoms with Gasteiger partial charge < -0.3 is 4.74 Å². The molecule has 154 valence electrons. The topological polar surface area (TPSA) is 63.7 Å². The minimum atomic E-state index is -4.48. The number of cyclic esters (lactones) is 1. The lowest BCUT2D eigenvalue weighted by Gasteiger charge is -2.36. The van der Waals surface area contributed by atoms with Gasteiger partial charge in [0.1, 0.15) is 6.10 Å². The highest BCUT2D eigenvalue weighted by Crippen LogP contribution is 2.36. The van der Waals surface area contributed by atoms with Crippen LogP contribution >= 0.6 is 0 Å². The van der Waals surface area contributed by atoms with Crippen LogP contribution < -0.4 is 0 Å². The van der Waals surface area contributed by atoms with Gasteiger partial charge in [0.05, 0.1) is 16.5 Å². The first-order valence-corrected chi connectivity index (χ1v) is 10.1. The van der Waals surface area contributed by atoms with Gasteiger partial charge in [0, 0.05) is 6.42 Å². The third-order valence-electron chi connectivity index (χ3n) is 4.64. The van der Waals surface area contributed by atoms with Crippen LogP contribution in [-0.4, -0.2) is 24.9 Å². The molecule has 5 nitrogen and oxygen atoms in total. The molecule has 1 fully saturated rings. The molecule has 0 bridgehead atoms. The third-order valence-corrected chi connectivity index (χ3v) is 6.45. The summed E-state index contributed by atoms with van der Waals surface area (Å²) < 4.78 is 69.9. The summed E-state index contributed by atoms with van der Waals surface area (Å²) >= 11 is 0. The molecule has 0 saturated carbocycles. The highest BCUT2D eigenvalue weighted by atomic mass is 32.2. The Hall–Kier alpha value is -2.81. The molecule has 0 radical (unpaired) electrons. The highest BCUT2D eigenvalue weighted by Gasteiger charge is 2.42. The van der Waals surface area contributed by atoms with Crippen LogP contribution in [0.1, 0.15) is 29.2 Å². The van der Waals surface area contributed by atoms with Gasteiger partial charge in [-0.1, -0.05) is 35.9 Å². The molecular formula is C20H18F3NO4S. The van der Waals surface area contributed by atoms with Crippen LogP contribution in [0.2, 0.25) is 0 Å². The summed E-state index contributed by atoms with van der Waals surface area (Å²) in [5.74, 6) is 0. The predicted octanol–water partition coefficient (Wildman–Crippen LogP) is 4.84. The number of ether oxygens (including phenoxy) is 1. The molecule has 0 spiro atoms. The molecule has 2 aromatic carbocycles. The van der Waals surface area contributed by atoms with Gasteiger partial charge in [0.15, 0.2) is 0 Å². The summed E-state index contributed by atoms with van der Waals surface area (Å²) in [7, 11) is -4.18. The summed E-state index contributed by atoms with van der Waals surface area (Å²) in [6.07, 6.45) is -5.14. The lowest BCUT2D eigenvalue weighted by molar-refractivity contribution is -0.137. The van der Waals surface area contributed by atoms with Gasteiger partial charge in [-0.3, -0.25) is 0 Å². The van der Waals surface area contributed by atoms with Gasteiger partial charge in [-0.2, -0.15) is 17.5 Å². The Morgan fingerprint density at radius 3 is 2.21 bits per heavy atom. The second kappa shape index (κ2) is 7.55. The van der Waals surface area contributed by atoms with E-state index in [2.05, 4.69) is 6.58 Å². The zero-order chi connectivity index (χ0) is 21.4. The van der Waals surface area contributed by atoms with Crippen molar-refractivity contribution in [3.63, 3.8) is 0 Å². The monoisotopic (exact) mass is 425 g/mol. The van der Waals surface area contributed by atoms with E-state index in [-0.39, 0.29) is 11.3 Å². The van der Waals surface area contributed by atoms with Crippen LogP contribution in [-0.2, 0) is 20.9 Å². The van der Waals surface area contributed by atoms with E-state index in [1.54, 1.807) is 19.1 Å². The second-order valence-electron chi connectivity index (χ2n) is 6.64. The molecule has 0 aliphatic carbocycles. The maximum Gasteiger partial charge on any atom is 0.425 e. The highest BCUT2D eigenvalue weighted by molar-refractivity contribution is 7.89. The van der Waals surface area contributed by atoms with Crippen molar-refractivity contribution >= 4 is 16.1 Å². The molecule has 1 aliphatic rings. The maximum absolute atomic E-state index is 12.9. The lowest BCUT2D eigenvalue weighted by Crippen LogP contribution is -2.48. The molecule has 0 unspecified atom stereocenters. The van der Waals surface area contributed by atoms with Crippen molar-refractivity contribution in [2.75, 3.05) is 0 Å². The average Bonchev–Trinajstić information content (AvgIpc) is 2.66. The van der Waals surface area contributed by atoms with Crippen molar-refractivity contribution in [3.05, 3.63) is 77.9 Å². The van der Waals surface area contributed by atoms with Crippen molar-refractivity contribution < 1.29 is 31.1 Å². The van der Waals surface area contributed by atoms with Crippen molar-refractivity contribution in [2.45, 2.75) is 36.6 Å². The summed E-state index contributed by atoms with van der Waals surface area (Å²) in [5.41, 5.74) is 0.366. The van der Waals surface area contributed by atoms with Crippen LogP contribution in [0.25, 0.3) is 0 Å². The number of hydrogen-bond acceptors (Lipinski definition) is 4. The Balaban J connectivity index is 1.88. The second-order valence-corrected chi connectivity index (χ2v) is 8.46. The van der Waals surface area contributed by atoms with E-state index in [9.17, 15) is 26.4 Å². The van der Waals surface area contributed by atoms with Crippen LogP contribution in [0, 0.1) is 6.92 Å². The number of carbonyl (C=O) groups excluding carboxylic acids is 1. The minimum absolute atomic E-state index is 0.0334. The van der Waals surface area contributed by atoms with E-state index in [4.69, 9.17) is 4.74 Å². The van der Waals surface area contributed by atoms with Crippen LogP contribution in [0.15, 0.2) is 66.1 Å². The summed E-state index contributed by atoms with van der Waals surface area (Å²) in [4.78, 5) is 12.5. The fraction of sp³-hybridized carbons (Fsp3) is 0.250. The van der Waals surface area contributed by atoms with Crippen molar-refractivity contribution in [2.24, 2.45) is 0 Å². The summed E-state index contributed by atoms with van der Waals surface area (Å²) in [5, 5.41) is 0. The fourth-order valence-electron chi connectivity index (χ4n) is 3.06. The molecule has 1 amide bonds. The quantitative estimate of drug-likeness (QED) is 0.658.